The Bertz CT molecular complexity index is 196. The van der Waals surface area contributed by atoms with E-state index in [4.69, 9.17) is 9.47 Å². The minimum Gasteiger partial charge on any atom is -0.492 e. The molecule has 1 atom stereocenters. The maximum absolute atomic E-state index is 5.05. The number of methoxy groups -OCH3 is 2. The van der Waals surface area contributed by atoms with Gasteiger partial charge in [0.1, 0.15) is 0 Å². The van der Waals surface area contributed by atoms with Crippen LogP contribution in [0, 0.1) is 0 Å². The Labute approximate surface area is 66.7 Å². The van der Waals surface area contributed by atoms with E-state index in [0.29, 0.717) is 11.9 Å². The fraction of sp³-hybridized carbons (Fsp3) is 0.625. The van der Waals surface area contributed by atoms with Gasteiger partial charge in [0.2, 0.25) is 0 Å². The predicted octanol–water partition coefficient (Wildman–Crippen LogP) is 1.35. The van der Waals surface area contributed by atoms with Crippen LogP contribution in [-0.2, 0) is 9.47 Å². The molecule has 0 amide bonds. The van der Waals surface area contributed by atoms with Crippen molar-refractivity contribution < 1.29 is 9.47 Å². The summed E-state index contributed by atoms with van der Waals surface area (Å²) >= 11 is 0. The summed E-state index contributed by atoms with van der Waals surface area (Å²) in [6.07, 6.45) is 2.92. The Hall–Kier alpha value is -0.990. The van der Waals surface area contributed by atoms with Crippen LogP contribution in [0.25, 0.3) is 0 Å². The zero-order chi connectivity index (χ0) is 8.27. The Morgan fingerprint density at radius 2 is 2.18 bits per heavy atom. The molecule has 0 spiro atoms. The topological polar surface area (TPSA) is 30.8 Å². The molecule has 0 aliphatic carbocycles. The highest BCUT2D eigenvalue weighted by atomic mass is 16.5. The first-order chi connectivity index (χ1) is 5.27. The molecule has 1 rings (SSSR count). The molecule has 0 N–H and O–H groups in total. The number of nitrogens with zero attached hydrogens (tertiary/aromatic N) is 1. The van der Waals surface area contributed by atoms with Crippen LogP contribution < -0.4 is 0 Å². The van der Waals surface area contributed by atoms with E-state index in [-0.39, 0.29) is 0 Å². The van der Waals surface area contributed by atoms with Gasteiger partial charge in [0.25, 0.3) is 5.90 Å². The fourth-order valence-electron chi connectivity index (χ4n) is 1.01. The molecule has 1 aliphatic rings. The molecule has 3 nitrogen and oxygen atoms in total. The van der Waals surface area contributed by atoms with E-state index >= 15 is 0 Å². The van der Waals surface area contributed by atoms with Crippen molar-refractivity contribution in [3.63, 3.8) is 0 Å². The molecule has 0 radical (unpaired) electrons. The van der Waals surface area contributed by atoms with Crippen LogP contribution in [0.4, 0.5) is 0 Å². The lowest BCUT2D eigenvalue weighted by Crippen LogP contribution is -2.16. The van der Waals surface area contributed by atoms with Gasteiger partial charge in [0.05, 0.1) is 20.3 Å². The van der Waals surface area contributed by atoms with Crippen molar-refractivity contribution in [2.24, 2.45) is 4.99 Å². The molecule has 62 valence electrons. The third-order valence-electron chi connectivity index (χ3n) is 1.61. The zero-order valence-corrected chi connectivity index (χ0v) is 7.13. The van der Waals surface area contributed by atoms with E-state index < -0.39 is 0 Å². The lowest BCUT2D eigenvalue weighted by Gasteiger charge is -2.15. The van der Waals surface area contributed by atoms with Crippen LogP contribution in [0.3, 0.4) is 0 Å². The molecule has 0 fully saturated rings. The summed E-state index contributed by atoms with van der Waals surface area (Å²) in [7, 11) is 3.22. The number of dihydropyridines is 1. The Kier molecular flexibility index (Phi) is 2.52. The molecule has 1 heterocycles. The summed E-state index contributed by atoms with van der Waals surface area (Å²) in [6, 6.07) is 0.309. The van der Waals surface area contributed by atoms with Crippen molar-refractivity contribution >= 4 is 5.90 Å². The van der Waals surface area contributed by atoms with Crippen molar-refractivity contribution in [1.29, 1.82) is 0 Å². The molecule has 0 bridgehead atoms. The number of hydrogen-bond donors (Lipinski definition) is 0. The first kappa shape index (κ1) is 8.11. The van der Waals surface area contributed by atoms with Crippen LogP contribution in [-0.4, -0.2) is 26.2 Å². The summed E-state index contributed by atoms with van der Waals surface area (Å²) in [5.74, 6) is 1.34. The second-order valence-corrected chi connectivity index (χ2v) is 2.50. The van der Waals surface area contributed by atoms with Crippen molar-refractivity contribution in [1.82, 2.24) is 0 Å². The quantitative estimate of drug-likeness (QED) is 0.572. The number of ether oxygens (including phenoxy) is 2. The highest BCUT2D eigenvalue weighted by molar-refractivity contribution is 5.92. The summed E-state index contributed by atoms with van der Waals surface area (Å²) in [6.45, 7) is 2.04. The van der Waals surface area contributed by atoms with Crippen LogP contribution in [0.15, 0.2) is 16.8 Å². The maximum Gasteiger partial charge on any atom is 0.251 e. The molecule has 0 aromatic heterocycles. The number of rotatable bonds is 1. The van der Waals surface area contributed by atoms with E-state index in [2.05, 4.69) is 4.99 Å². The average Bonchev–Trinajstić information content (AvgIpc) is 2.04. The van der Waals surface area contributed by atoms with Crippen molar-refractivity contribution in [2.75, 3.05) is 14.2 Å². The SMILES string of the molecule is COC1=CCC(C)N=C1OC. The molecule has 0 saturated heterocycles. The lowest BCUT2D eigenvalue weighted by atomic mass is 10.2. The van der Waals surface area contributed by atoms with Crippen molar-refractivity contribution in [3.05, 3.63) is 11.8 Å². The number of aliphatic imine (C=N–C) groups is 1. The highest BCUT2D eigenvalue weighted by Crippen LogP contribution is 2.13. The van der Waals surface area contributed by atoms with E-state index in [1.165, 1.54) is 0 Å². The van der Waals surface area contributed by atoms with Gasteiger partial charge in [0, 0.05) is 0 Å². The average molecular weight is 155 g/mol. The van der Waals surface area contributed by atoms with Crippen LogP contribution >= 0.6 is 0 Å². The van der Waals surface area contributed by atoms with Gasteiger partial charge >= 0.3 is 0 Å². The fourth-order valence-corrected chi connectivity index (χ4v) is 1.01. The third-order valence-corrected chi connectivity index (χ3v) is 1.61. The molecule has 0 aromatic rings. The van der Waals surface area contributed by atoms with E-state index in [9.17, 15) is 0 Å². The van der Waals surface area contributed by atoms with Gasteiger partial charge in [-0.1, -0.05) is 0 Å². The second-order valence-electron chi connectivity index (χ2n) is 2.50. The highest BCUT2D eigenvalue weighted by Gasteiger charge is 2.14. The van der Waals surface area contributed by atoms with Crippen LogP contribution in [0.5, 0.6) is 0 Å². The van der Waals surface area contributed by atoms with Gasteiger partial charge < -0.3 is 9.47 Å². The molecule has 1 aliphatic heterocycles. The molecular formula is C8H13NO2. The second kappa shape index (κ2) is 3.42. The molecule has 0 saturated carbocycles. The minimum absolute atomic E-state index is 0.309. The van der Waals surface area contributed by atoms with Crippen molar-refractivity contribution in [3.8, 4) is 0 Å². The molecular weight excluding hydrogens is 142 g/mol. The third kappa shape index (κ3) is 1.73. The molecule has 1 unspecified atom stereocenters. The van der Waals surface area contributed by atoms with Gasteiger partial charge in [0.15, 0.2) is 5.76 Å². The first-order valence-electron chi connectivity index (χ1n) is 3.64. The predicted molar refractivity (Wildman–Crippen MR) is 43.6 cm³/mol. The minimum atomic E-state index is 0.309. The summed E-state index contributed by atoms with van der Waals surface area (Å²) < 4.78 is 10.1. The maximum atomic E-state index is 5.05. The van der Waals surface area contributed by atoms with Gasteiger partial charge in [-0.15, -0.1) is 0 Å². The van der Waals surface area contributed by atoms with Crippen LogP contribution in [0.2, 0.25) is 0 Å². The standard InChI is InChI=1S/C8H13NO2/c1-6-4-5-7(10-2)8(9-6)11-3/h5-6H,4H2,1-3H3. The number of hydrogen-bond acceptors (Lipinski definition) is 3. The van der Waals surface area contributed by atoms with Gasteiger partial charge in [-0.05, 0) is 19.4 Å². The Morgan fingerprint density at radius 1 is 1.45 bits per heavy atom. The van der Waals surface area contributed by atoms with E-state index in [1.54, 1.807) is 14.2 Å². The van der Waals surface area contributed by atoms with Crippen molar-refractivity contribution in [2.45, 2.75) is 19.4 Å². The van der Waals surface area contributed by atoms with E-state index in [0.717, 1.165) is 12.2 Å². The van der Waals surface area contributed by atoms with Gasteiger partial charge in [-0.3, -0.25) is 0 Å². The lowest BCUT2D eigenvalue weighted by molar-refractivity contribution is 0.278. The Balaban J connectivity index is 2.74. The monoisotopic (exact) mass is 155 g/mol. The molecule has 3 heteroatoms. The first-order valence-corrected chi connectivity index (χ1v) is 3.64. The largest absolute Gasteiger partial charge is 0.492 e. The van der Waals surface area contributed by atoms with E-state index in [1.807, 2.05) is 13.0 Å². The normalized spacial score (nSPS) is 23.7. The smallest absolute Gasteiger partial charge is 0.251 e. The summed E-state index contributed by atoms with van der Waals surface area (Å²) in [5, 5.41) is 0. The van der Waals surface area contributed by atoms with Gasteiger partial charge in [-0.25, -0.2) is 4.99 Å². The Morgan fingerprint density at radius 3 is 2.73 bits per heavy atom. The van der Waals surface area contributed by atoms with Crippen LogP contribution in [0.1, 0.15) is 13.3 Å². The van der Waals surface area contributed by atoms with Gasteiger partial charge in [-0.2, -0.15) is 0 Å². The summed E-state index contributed by atoms with van der Waals surface area (Å²) in [4.78, 5) is 4.25. The zero-order valence-electron chi connectivity index (χ0n) is 7.13. The molecule has 0 aromatic carbocycles. The molecule has 11 heavy (non-hydrogen) atoms. The summed E-state index contributed by atoms with van der Waals surface area (Å²) in [5.41, 5.74) is 0.